The monoisotopic (exact) mass is 1550 g/mol. The largest absolute Gasteiger partial charge is 0.133 e. The zero-order valence-corrected chi connectivity index (χ0v) is 72.9. The van der Waals surface area contributed by atoms with Gasteiger partial charge >= 0.3 is 0 Å². The van der Waals surface area contributed by atoms with E-state index in [1.165, 1.54) is 155 Å². The number of hydrogen-bond acceptors (Lipinski definition) is 9. The first-order valence-corrected chi connectivity index (χ1v) is 48.2. The molecular formula is C96H114S9. The highest BCUT2D eigenvalue weighted by molar-refractivity contribution is 7.28. The molecule has 0 aliphatic carbocycles. The van der Waals surface area contributed by atoms with E-state index in [0.717, 1.165) is 231 Å². The molecule has 10 rings (SSSR count). The third-order valence-corrected chi connectivity index (χ3v) is 31.9. The molecule has 1 aliphatic rings. The maximum atomic E-state index is 3.78. The van der Waals surface area contributed by atoms with Crippen LogP contribution in [0.2, 0.25) is 0 Å². The van der Waals surface area contributed by atoms with Crippen LogP contribution in [0.25, 0.3) is 58.5 Å². The van der Waals surface area contributed by atoms with Gasteiger partial charge in [-0.05, 0) is 328 Å². The van der Waals surface area contributed by atoms with Crippen LogP contribution in [0.5, 0.6) is 0 Å². The lowest BCUT2D eigenvalue weighted by Crippen LogP contribution is -1.95. The molecule has 0 atom stereocenters. The lowest BCUT2D eigenvalue weighted by atomic mass is 9.97. The molecule has 0 saturated carbocycles. The van der Waals surface area contributed by atoms with E-state index in [4.69, 9.17) is 0 Å². The van der Waals surface area contributed by atoms with Crippen LogP contribution in [0.4, 0.5) is 0 Å². The second-order valence-corrected chi connectivity index (χ2v) is 37.9. The van der Waals surface area contributed by atoms with E-state index in [1.54, 1.807) is 0 Å². The Labute approximate surface area is 672 Å². The van der Waals surface area contributed by atoms with Crippen molar-refractivity contribution in [3.8, 4) is 130 Å². The molecule has 0 nitrogen and oxygen atoms in total. The van der Waals surface area contributed by atoms with Crippen molar-refractivity contribution < 1.29 is 0 Å². The SMILES string of the molecule is CCCCc1c2sc(c1CCCC)-c1ccc(s1)-c1sc(c(CCCC)c1CCCC)C#CC#Cc1sc(c(CCCC)c1CCCC)-c1ccc(s1)-c1sc(c(CCCC)c1CCCC)C#CC#Cc1sc(c(CCCC)c1CCCC)-c1ccc(s1)-c1sc(c(CCCC)c1CCCC)C#CC#C2. The fraction of sp³-hybridized carbons (Fsp3) is 0.500. The van der Waals surface area contributed by atoms with Crippen molar-refractivity contribution in [2.45, 2.75) is 314 Å². The smallest absolute Gasteiger partial charge is 0.0820 e. The first kappa shape index (κ1) is 82.2. The van der Waals surface area contributed by atoms with Crippen molar-refractivity contribution in [3.05, 3.63) is 132 Å². The van der Waals surface area contributed by atoms with Crippen LogP contribution in [0.3, 0.4) is 0 Å². The van der Waals surface area contributed by atoms with Crippen LogP contribution in [0, 0.1) is 71.0 Å². The molecule has 0 amide bonds. The van der Waals surface area contributed by atoms with E-state index >= 15 is 0 Å². The zero-order valence-electron chi connectivity index (χ0n) is 65.6. The Morgan fingerprint density at radius 2 is 0.295 bits per heavy atom. The van der Waals surface area contributed by atoms with Crippen LogP contribution in [-0.2, 0) is 77.0 Å². The highest BCUT2D eigenvalue weighted by atomic mass is 32.1. The molecule has 0 saturated heterocycles. The topological polar surface area (TPSA) is 0 Å². The second kappa shape index (κ2) is 43.2. The van der Waals surface area contributed by atoms with Gasteiger partial charge in [-0.15, -0.1) is 102 Å². The fourth-order valence-corrected chi connectivity index (χ4v) is 25.8. The molecule has 0 unspecified atom stereocenters. The van der Waals surface area contributed by atoms with Gasteiger partial charge in [0.25, 0.3) is 0 Å². The average Bonchev–Trinajstić information content (AvgIpc) is 1.46. The summed E-state index contributed by atoms with van der Waals surface area (Å²) < 4.78 is 0. The minimum absolute atomic E-state index is 1.05. The summed E-state index contributed by atoms with van der Waals surface area (Å²) in [6.45, 7) is 28.0. The van der Waals surface area contributed by atoms with Crippen molar-refractivity contribution in [1.82, 2.24) is 0 Å². The first-order chi connectivity index (χ1) is 51.6. The Kier molecular flexibility index (Phi) is 33.8. The predicted octanol–water partition coefficient (Wildman–Crippen LogP) is 30.9. The molecule has 0 radical (unpaired) electrons. The zero-order chi connectivity index (χ0) is 73.9. The van der Waals surface area contributed by atoms with Crippen LogP contribution >= 0.6 is 102 Å². The summed E-state index contributed by atoms with van der Waals surface area (Å²) in [6, 6.07) is 14.6. The van der Waals surface area contributed by atoms with Gasteiger partial charge in [-0.2, -0.15) is 0 Å². The summed E-state index contributed by atoms with van der Waals surface area (Å²) in [5.41, 5.74) is 17.9. The standard InChI is InChI=1S/C96H114S9/c1-13-25-43-67-73(49-31-19-7)91-85-61-62-86(97-85)92-74(50-32-20-8)69(45-27-15-3)81(102-92)57-39-40-58-82-71(47-29-17-5)77(53-35-23-11)95(104-82)89-65-66-90(99-89)96-78(54-36-24-12)72(48-30-18-6)84(105-96)60-42-41-59-83-70(46-28-16-4)76(52-34-22-10)94(103-83)88-64-63-87(98-88)93-75(51-33-21-9)68(44-26-14-2)80(101-93)56-38-37-55-79(67)100-91/h61-66H,13-36,43-54H2,1-12H3. The van der Waals surface area contributed by atoms with Crippen molar-refractivity contribution in [3.63, 3.8) is 0 Å². The highest BCUT2D eigenvalue weighted by Crippen LogP contribution is 2.51. The maximum absolute atomic E-state index is 3.78. The molecule has 0 spiro atoms. The third kappa shape index (κ3) is 20.8. The number of thiophene rings is 9. The van der Waals surface area contributed by atoms with Gasteiger partial charge in [-0.3, -0.25) is 0 Å². The minimum Gasteiger partial charge on any atom is -0.133 e. The Morgan fingerprint density at radius 1 is 0.171 bits per heavy atom. The van der Waals surface area contributed by atoms with E-state index in [-0.39, 0.29) is 0 Å². The molecule has 9 heteroatoms. The molecule has 0 aromatic carbocycles. The van der Waals surface area contributed by atoms with E-state index in [0.29, 0.717) is 0 Å². The van der Waals surface area contributed by atoms with Crippen LogP contribution in [0.15, 0.2) is 36.4 Å². The van der Waals surface area contributed by atoms with Gasteiger partial charge in [0.05, 0.1) is 29.3 Å². The first-order valence-electron chi connectivity index (χ1n) is 40.9. The lowest BCUT2D eigenvalue weighted by Gasteiger charge is -2.07. The van der Waals surface area contributed by atoms with Crippen molar-refractivity contribution in [1.29, 1.82) is 0 Å². The van der Waals surface area contributed by atoms with Crippen LogP contribution in [-0.4, -0.2) is 0 Å². The van der Waals surface area contributed by atoms with Gasteiger partial charge in [-0.25, -0.2) is 0 Å². The summed E-state index contributed by atoms with van der Waals surface area (Å²) in [4.78, 5) is 24.0. The van der Waals surface area contributed by atoms with Gasteiger partial charge in [0.15, 0.2) is 0 Å². The van der Waals surface area contributed by atoms with Gasteiger partial charge < -0.3 is 0 Å². The lowest BCUT2D eigenvalue weighted by molar-refractivity contribution is 0.762. The molecule has 0 fully saturated rings. The quantitative estimate of drug-likeness (QED) is 0.0343. The van der Waals surface area contributed by atoms with Crippen molar-refractivity contribution >= 4 is 102 Å². The molecule has 552 valence electrons. The van der Waals surface area contributed by atoms with Gasteiger partial charge in [-0.1, -0.05) is 160 Å². The highest BCUT2D eigenvalue weighted by Gasteiger charge is 2.28. The molecule has 10 heterocycles. The number of hydrogen-bond donors (Lipinski definition) is 0. The molecule has 105 heavy (non-hydrogen) atoms. The van der Waals surface area contributed by atoms with Crippen molar-refractivity contribution in [2.75, 3.05) is 0 Å². The van der Waals surface area contributed by atoms with Gasteiger partial charge in [0, 0.05) is 58.5 Å². The second-order valence-electron chi connectivity index (χ2n) is 28.5. The fourth-order valence-electron chi connectivity index (χ4n) is 14.5. The Balaban J connectivity index is 1.20. The summed E-state index contributed by atoms with van der Waals surface area (Å²) in [6.07, 6.45) is 40.5. The van der Waals surface area contributed by atoms with Crippen LogP contribution in [0.1, 0.15) is 333 Å². The predicted molar refractivity (Wildman–Crippen MR) is 477 cm³/mol. The van der Waals surface area contributed by atoms with E-state index in [1.807, 2.05) is 102 Å². The summed E-state index contributed by atoms with van der Waals surface area (Å²) in [7, 11) is 0. The normalized spacial score (nSPS) is 11.7. The van der Waals surface area contributed by atoms with E-state index in [9.17, 15) is 0 Å². The molecule has 18 bridgehead atoms. The summed E-state index contributed by atoms with van der Waals surface area (Å²) in [5.74, 6) is 44.0. The van der Waals surface area contributed by atoms with E-state index < -0.39 is 0 Å². The minimum atomic E-state index is 1.05. The Hall–Kier alpha value is -5.34. The maximum Gasteiger partial charge on any atom is 0.0820 e. The summed E-state index contributed by atoms with van der Waals surface area (Å²) >= 11 is 17.6. The number of fused-ring (bicyclic) bond motifs is 24. The summed E-state index contributed by atoms with van der Waals surface area (Å²) in [5, 5.41) is 0. The Bertz CT molecular complexity index is 3950. The van der Waals surface area contributed by atoms with Crippen LogP contribution < -0.4 is 0 Å². The molecule has 9 aromatic heterocycles. The molecule has 0 N–H and O–H groups in total. The third-order valence-electron chi connectivity index (χ3n) is 20.5. The number of unbranched alkanes of at least 4 members (excludes halogenated alkanes) is 12. The van der Waals surface area contributed by atoms with Crippen molar-refractivity contribution in [2.24, 2.45) is 0 Å². The molecule has 1 aliphatic heterocycles. The van der Waals surface area contributed by atoms with E-state index in [2.05, 4.69) is 191 Å². The average molecular weight is 1560 g/mol. The Morgan fingerprint density at radius 3 is 0.419 bits per heavy atom. The molecule has 9 aromatic rings. The van der Waals surface area contributed by atoms with Gasteiger partial charge in [0.1, 0.15) is 0 Å². The number of rotatable bonds is 36. The van der Waals surface area contributed by atoms with Gasteiger partial charge in [0.2, 0.25) is 0 Å². The molecular weight excluding hydrogens is 1440 g/mol.